The molecule has 4 aromatic rings. The Hall–Kier alpha value is -3.76. The fraction of sp³-hybridized carbons (Fsp3) is 0.390. The van der Waals surface area contributed by atoms with Crippen molar-refractivity contribution in [2.75, 3.05) is 57.8 Å². The van der Waals surface area contributed by atoms with Gasteiger partial charge in [-0.3, -0.25) is 9.69 Å². The zero-order valence-electron chi connectivity index (χ0n) is 29.1. The number of benzene rings is 4. The minimum atomic E-state index is -0.862. The largest absolute Gasteiger partial charge is 0.490 e. The Morgan fingerprint density at radius 1 is 0.820 bits per heavy atom. The fourth-order valence-electron chi connectivity index (χ4n) is 7.31. The number of thioether (sulfide) groups is 1. The van der Waals surface area contributed by atoms with Crippen LogP contribution in [-0.2, 0) is 9.54 Å². The molecule has 9 heteroatoms. The maximum atomic E-state index is 14.0. The number of piperazine rings is 1. The predicted molar refractivity (Wildman–Crippen MR) is 197 cm³/mol. The lowest BCUT2D eigenvalue weighted by molar-refractivity contribution is -0.122. The van der Waals surface area contributed by atoms with Crippen molar-refractivity contribution in [1.82, 2.24) is 9.80 Å². The maximum absolute atomic E-state index is 14.0. The molecule has 2 aliphatic rings. The van der Waals surface area contributed by atoms with Gasteiger partial charge in [-0.05, 0) is 78.9 Å². The standard InChI is InChI=1S/C41H47F2N3O3S/c1-29(2)41(40(48)44(3)37-11-5-7-13-39(37)50-41)36-10-4-6-12-38(36)49-28-34(47)27-46-25-23-45(24-26-46)22-8-9-35(30-14-18-32(42)19-15-30)31-16-20-33(43)21-17-31/h4-7,10-21,29,34-35,47H,8-9,22-28H2,1-3H3. The van der Waals surface area contributed by atoms with Gasteiger partial charge in [-0.15, -0.1) is 11.8 Å². The molecule has 0 aliphatic carbocycles. The minimum Gasteiger partial charge on any atom is -0.490 e. The zero-order valence-corrected chi connectivity index (χ0v) is 29.9. The Bertz CT molecular complexity index is 1680. The first-order chi connectivity index (χ1) is 24.2. The molecule has 0 spiro atoms. The Kier molecular flexibility index (Phi) is 11.6. The number of halogens is 2. The van der Waals surface area contributed by atoms with Crippen LogP contribution in [0.3, 0.4) is 0 Å². The number of nitrogens with zero attached hydrogens (tertiary/aromatic N) is 3. The van der Waals surface area contributed by atoms with E-state index in [9.17, 15) is 18.7 Å². The number of rotatable bonds is 13. The van der Waals surface area contributed by atoms with Crippen LogP contribution in [0.5, 0.6) is 5.75 Å². The maximum Gasteiger partial charge on any atom is 0.248 e. The smallest absolute Gasteiger partial charge is 0.248 e. The summed E-state index contributed by atoms with van der Waals surface area (Å²) in [5.74, 6) is 0.170. The van der Waals surface area contributed by atoms with Gasteiger partial charge in [0.1, 0.15) is 34.8 Å². The van der Waals surface area contributed by atoms with Gasteiger partial charge < -0.3 is 19.6 Å². The monoisotopic (exact) mass is 699 g/mol. The summed E-state index contributed by atoms with van der Waals surface area (Å²) >= 11 is 1.59. The average Bonchev–Trinajstić information content (AvgIpc) is 3.12. The average molecular weight is 700 g/mol. The third-order valence-electron chi connectivity index (χ3n) is 10.1. The number of anilines is 1. The van der Waals surface area contributed by atoms with Crippen LogP contribution in [0.25, 0.3) is 0 Å². The topological polar surface area (TPSA) is 56.3 Å². The van der Waals surface area contributed by atoms with E-state index in [4.69, 9.17) is 4.74 Å². The summed E-state index contributed by atoms with van der Waals surface area (Å²) in [4.78, 5) is 21.6. The van der Waals surface area contributed by atoms with Crippen LogP contribution in [0.1, 0.15) is 49.3 Å². The van der Waals surface area contributed by atoms with Gasteiger partial charge >= 0.3 is 0 Å². The third-order valence-corrected chi connectivity index (χ3v) is 11.9. The molecular formula is C41H47F2N3O3S. The molecule has 1 saturated heterocycles. The summed E-state index contributed by atoms with van der Waals surface area (Å²) in [7, 11) is 1.84. The highest BCUT2D eigenvalue weighted by Crippen LogP contribution is 2.56. The third kappa shape index (κ3) is 7.91. The molecule has 2 atom stereocenters. The van der Waals surface area contributed by atoms with Crippen molar-refractivity contribution in [3.05, 3.63) is 125 Å². The number of hydrogen-bond donors (Lipinski definition) is 1. The molecule has 0 bridgehead atoms. The van der Waals surface area contributed by atoms with E-state index < -0.39 is 10.9 Å². The summed E-state index contributed by atoms with van der Waals surface area (Å²) in [5, 5.41) is 11.1. The molecule has 0 radical (unpaired) electrons. The number of para-hydroxylation sites is 2. The van der Waals surface area contributed by atoms with E-state index in [0.717, 1.165) is 72.8 Å². The van der Waals surface area contributed by atoms with Gasteiger partial charge in [0.2, 0.25) is 5.91 Å². The van der Waals surface area contributed by atoms with Crippen molar-refractivity contribution in [1.29, 1.82) is 0 Å². The van der Waals surface area contributed by atoms with Crippen molar-refractivity contribution < 1.29 is 23.4 Å². The van der Waals surface area contributed by atoms with Crippen molar-refractivity contribution in [3.63, 3.8) is 0 Å². The van der Waals surface area contributed by atoms with Gasteiger partial charge in [-0.25, -0.2) is 8.78 Å². The SMILES string of the molecule is CC(C)C1(c2ccccc2OCC(O)CN2CCN(CCCC(c3ccc(F)cc3)c3ccc(F)cc3)CC2)Sc2ccccc2N(C)C1=O. The van der Waals surface area contributed by atoms with Gasteiger partial charge in [0, 0.05) is 56.1 Å². The molecule has 6 rings (SSSR count). The normalized spacial score (nSPS) is 19.2. The number of aliphatic hydroxyl groups excluding tert-OH is 1. The molecular weight excluding hydrogens is 653 g/mol. The van der Waals surface area contributed by atoms with Gasteiger partial charge in [0.15, 0.2) is 0 Å². The summed E-state index contributed by atoms with van der Waals surface area (Å²) < 4.78 is 32.7. The minimum absolute atomic E-state index is 0.0153. The second kappa shape index (κ2) is 16.1. The Labute approximate surface area is 299 Å². The van der Waals surface area contributed by atoms with Crippen LogP contribution in [0.4, 0.5) is 14.5 Å². The van der Waals surface area contributed by atoms with Crippen LogP contribution >= 0.6 is 11.8 Å². The van der Waals surface area contributed by atoms with Gasteiger partial charge in [0.25, 0.3) is 0 Å². The number of β-amino-alcohol motifs (C(OH)–C–C–N with tert-alkyl or cyclic N) is 1. The number of likely N-dealkylation sites (N-methyl/N-ethyl adjacent to an activating group) is 1. The lowest BCUT2D eigenvalue weighted by Gasteiger charge is -2.44. The molecule has 50 heavy (non-hydrogen) atoms. The molecule has 2 aliphatic heterocycles. The molecule has 1 amide bonds. The first-order valence-corrected chi connectivity index (χ1v) is 18.4. The summed E-state index contributed by atoms with van der Waals surface area (Å²) in [6.07, 6.45) is 1.14. The first kappa shape index (κ1) is 36.0. The highest BCUT2D eigenvalue weighted by Gasteiger charge is 2.51. The van der Waals surface area contributed by atoms with E-state index >= 15 is 0 Å². The molecule has 2 heterocycles. The van der Waals surface area contributed by atoms with Crippen molar-refractivity contribution >= 4 is 23.4 Å². The Morgan fingerprint density at radius 3 is 2.04 bits per heavy atom. The fourth-order valence-corrected chi connectivity index (χ4v) is 8.85. The lowest BCUT2D eigenvalue weighted by Crippen LogP contribution is -2.50. The molecule has 0 aromatic heterocycles. The lowest BCUT2D eigenvalue weighted by atomic mass is 9.85. The number of carbonyl (C=O) groups is 1. The highest BCUT2D eigenvalue weighted by atomic mass is 32.2. The summed E-state index contributed by atoms with van der Waals surface area (Å²) in [6.45, 7) is 9.22. The van der Waals surface area contributed by atoms with E-state index in [2.05, 4.69) is 29.7 Å². The van der Waals surface area contributed by atoms with E-state index in [-0.39, 0.29) is 36.0 Å². The second-order valence-electron chi connectivity index (χ2n) is 13.7. The number of aliphatic hydroxyl groups is 1. The van der Waals surface area contributed by atoms with Crippen LogP contribution in [-0.4, -0.2) is 79.8 Å². The summed E-state index contributed by atoms with van der Waals surface area (Å²) in [6, 6.07) is 29.0. The molecule has 2 unspecified atom stereocenters. The number of carbonyl (C=O) groups excluding carboxylic acids is 1. The summed E-state index contributed by atoms with van der Waals surface area (Å²) in [5.41, 5.74) is 3.80. The number of ether oxygens (including phenoxy) is 1. The molecule has 0 saturated carbocycles. The van der Waals surface area contributed by atoms with Crippen molar-refractivity contribution in [3.8, 4) is 5.75 Å². The molecule has 6 nitrogen and oxygen atoms in total. The van der Waals surface area contributed by atoms with E-state index in [1.807, 2.05) is 73.8 Å². The van der Waals surface area contributed by atoms with Gasteiger partial charge in [-0.1, -0.05) is 68.4 Å². The van der Waals surface area contributed by atoms with Crippen LogP contribution in [0, 0.1) is 17.6 Å². The number of amides is 1. The Morgan fingerprint density at radius 2 is 1.40 bits per heavy atom. The molecule has 264 valence electrons. The van der Waals surface area contributed by atoms with Gasteiger partial charge in [0.05, 0.1) is 5.69 Å². The zero-order chi connectivity index (χ0) is 35.3. The predicted octanol–water partition coefficient (Wildman–Crippen LogP) is 7.55. The van der Waals surface area contributed by atoms with Crippen molar-refractivity contribution in [2.45, 2.75) is 48.4 Å². The number of hydrogen-bond acceptors (Lipinski definition) is 6. The second-order valence-corrected chi connectivity index (χ2v) is 15.0. The van der Waals surface area contributed by atoms with Crippen LogP contribution < -0.4 is 9.64 Å². The van der Waals surface area contributed by atoms with Crippen molar-refractivity contribution in [2.24, 2.45) is 5.92 Å². The van der Waals surface area contributed by atoms with E-state index in [1.54, 1.807) is 16.7 Å². The van der Waals surface area contributed by atoms with Gasteiger partial charge in [-0.2, -0.15) is 0 Å². The molecule has 1 N–H and O–H groups in total. The Balaban J connectivity index is 1.01. The highest BCUT2D eigenvalue weighted by molar-refractivity contribution is 8.01. The van der Waals surface area contributed by atoms with E-state index in [0.29, 0.717) is 12.3 Å². The van der Waals surface area contributed by atoms with Crippen LogP contribution in [0.15, 0.2) is 102 Å². The quantitative estimate of drug-likeness (QED) is 0.156. The molecule has 4 aromatic carbocycles. The van der Waals surface area contributed by atoms with Crippen LogP contribution in [0.2, 0.25) is 0 Å². The molecule has 1 fully saturated rings. The van der Waals surface area contributed by atoms with E-state index in [1.165, 1.54) is 24.3 Å². The first-order valence-electron chi connectivity index (χ1n) is 17.6. The number of fused-ring (bicyclic) bond motifs is 1.